The normalized spacial score (nSPS) is 13.3. The number of ether oxygens (including phenoxy) is 2. The van der Waals surface area contributed by atoms with Gasteiger partial charge in [-0.15, -0.1) is 4.91 Å². The maximum absolute atomic E-state index is 12.2. The van der Waals surface area contributed by atoms with Gasteiger partial charge in [0.15, 0.2) is 11.9 Å². The molecule has 0 amide bonds. The summed E-state index contributed by atoms with van der Waals surface area (Å²) in [5.41, 5.74) is 0.749. The summed E-state index contributed by atoms with van der Waals surface area (Å²) >= 11 is 0. The first-order valence-corrected chi connectivity index (χ1v) is 7.55. The van der Waals surface area contributed by atoms with Crippen LogP contribution in [0.5, 0.6) is 5.75 Å². The largest absolute Gasteiger partial charge is 0.497 e. The summed E-state index contributed by atoms with van der Waals surface area (Å²) in [7, 11) is 1.58. The van der Waals surface area contributed by atoms with Crippen molar-refractivity contribution in [3.8, 4) is 5.75 Å². The minimum atomic E-state index is -0.636. The Bertz CT molecular complexity index is 545. The van der Waals surface area contributed by atoms with Crippen LogP contribution in [-0.2, 0) is 9.53 Å². The van der Waals surface area contributed by atoms with Gasteiger partial charge in [0.05, 0.1) is 20.4 Å². The minimum Gasteiger partial charge on any atom is -0.497 e. The van der Waals surface area contributed by atoms with Crippen molar-refractivity contribution in [2.75, 3.05) is 20.4 Å². The van der Waals surface area contributed by atoms with Crippen molar-refractivity contribution < 1.29 is 19.7 Å². The highest BCUT2D eigenvalue weighted by molar-refractivity contribution is 5.78. The molecular formula is C16H25N3O5. The Morgan fingerprint density at radius 2 is 1.96 bits per heavy atom. The predicted molar refractivity (Wildman–Crippen MR) is 91.0 cm³/mol. The van der Waals surface area contributed by atoms with Crippen LogP contribution in [0.3, 0.4) is 0 Å². The topological polar surface area (TPSA) is 112 Å². The number of hydrogen-bond acceptors (Lipinski definition) is 7. The van der Waals surface area contributed by atoms with Gasteiger partial charge in [0.2, 0.25) is 0 Å². The molecule has 2 rings (SSSR count). The highest BCUT2D eigenvalue weighted by Gasteiger charge is 2.30. The van der Waals surface area contributed by atoms with Gasteiger partial charge in [-0.3, -0.25) is 0 Å². The molecule has 0 spiro atoms. The maximum atomic E-state index is 12.2. The Balaban J connectivity index is 0.00000170. The number of rotatable bonds is 6. The van der Waals surface area contributed by atoms with Gasteiger partial charge < -0.3 is 25.2 Å². The summed E-state index contributed by atoms with van der Waals surface area (Å²) in [6, 6.07) is 6.49. The molecule has 0 fully saturated rings. The smallest absolute Gasteiger partial charge is 0.333 e. The molecule has 8 nitrogen and oxygen atoms in total. The molecule has 1 aliphatic rings. The molecule has 0 aromatic heterocycles. The van der Waals surface area contributed by atoms with Crippen molar-refractivity contribution in [2.24, 2.45) is 5.18 Å². The van der Waals surface area contributed by atoms with E-state index in [2.05, 4.69) is 10.5 Å². The fourth-order valence-corrected chi connectivity index (χ4v) is 2.11. The molecular weight excluding hydrogens is 314 g/mol. The third-order valence-corrected chi connectivity index (χ3v) is 3.10. The quantitative estimate of drug-likeness (QED) is 0.626. The number of nitrogens with zero attached hydrogens (tertiary/aromatic N) is 2. The average Bonchev–Trinajstić information content (AvgIpc) is 3.06. The minimum absolute atomic E-state index is 0. The third kappa shape index (κ3) is 5.24. The number of nitroso groups, excluding NO2 is 1. The zero-order valence-corrected chi connectivity index (χ0v) is 14.4. The number of carbonyl (C=O) groups is 1. The molecule has 0 radical (unpaired) electrons. The van der Waals surface area contributed by atoms with Crippen molar-refractivity contribution >= 4 is 5.97 Å². The van der Waals surface area contributed by atoms with Gasteiger partial charge >= 0.3 is 5.97 Å². The van der Waals surface area contributed by atoms with E-state index in [-0.39, 0.29) is 23.9 Å². The molecule has 1 aromatic carbocycles. The molecule has 1 atom stereocenters. The van der Waals surface area contributed by atoms with E-state index in [9.17, 15) is 9.70 Å². The molecule has 0 saturated heterocycles. The van der Waals surface area contributed by atoms with Crippen LogP contribution in [-0.4, -0.2) is 36.7 Å². The zero-order chi connectivity index (χ0) is 17.2. The summed E-state index contributed by atoms with van der Waals surface area (Å²) in [6.07, 6.45) is 1.51. The van der Waals surface area contributed by atoms with Crippen LogP contribution in [0.4, 0.5) is 0 Å². The van der Waals surface area contributed by atoms with Crippen molar-refractivity contribution in [1.29, 1.82) is 0 Å². The molecule has 1 heterocycles. The van der Waals surface area contributed by atoms with Gasteiger partial charge in [-0.1, -0.05) is 26.0 Å². The number of hydrogen-bond donors (Lipinski definition) is 1. The van der Waals surface area contributed by atoms with Crippen LogP contribution in [0.15, 0.2) is 41.5 Å². The van der Waals surface area contributed by atoms with E-state index in [0.717, 1.165) is 5.56 Å². The number of nitrogens with one attached hydrogen (secondary N) is 1. The Hall–Kier alpha value is -2.61. The Morgan fingerprint density at radius 3 is 2.42 bits per heavy atom. The summed E-state index contributed by atoms with van der Waals surface area (Å²) in [5.74, 6) is 0.511. The fraction of sp³-hybridized carbons (Fsp3) is 0.438. The van der Waals surface area contributed by atoms with Crippen LogP contribution in [0.1, 0.15) is 32.4 Å². The van der Waals surface area contributed by atoms with Gasteiger partial charge in [-0.05, 0) is 29.8 Å². The highest BCUT2D eigenvalue weighted by Crippen LogP contribution is 2.26. The molecule has 24 heavy (non-hydrogen) atoms. The lowest BCUT2D eigenvalue weighted by molar-refractivity contribution is -0.148. The number of esters is 1. The summed E-state index contributed by atoms with van der Waals surface area (Å²) in [5, 5.41) is 5.63. The third-order valence-electron chi connectivity index (χ3n) is 3.10. The standard InChI is InChI=1S/C14H17N3O4.C2H6.H2O/c1-3-21-14(18)13(17-8-12(16-19)15-9-17)10-4-6-11(20-2)7-5-10;1-2;/h4-8,13,15H,3,9H2,1-2H3;1-2H3;1H2. The second-order valence-electron chi connectivity index (χ2n) is 4.38. The summed E-state index contributed by atoms with van der Waals surface area (Å²) in [6.45, 7) is 6.35. The fourth-order valence-electron chi connectivity index (χ4n) is 2.11. The van der Waals surface area contributed by atoms with E-state index in [0.29, 0.717) is 12.4 Å². The zero-order valence-electron chi connectivity index (χ0n) is 14.4. The lowest BCUT2D eigenvalue weighted by Gasteiger charge is -2.25. The molecule has 0 saturated carbocycles. The molecule has 134 valence electrons. The first-order chi connectivity index (χ1) is 11.2. The van der Waals surface area contributed by atoms with Crippen LogP contribution in [0.2, 0.25) is 0 Å². The van der Waals surface area contributed by atoms with E-state index >= 15 is 0 Å². The van der Waals surface area contributed by atoms with Crippen molar-refractivity contribution in [1.82, 2.24) is 10.2 Å². The lowest BCUT2D eigenvalue weighted by atomic mass is 10.1. The second-order valence-corrected chi connectivity index (χ2v) is 4.38. The van der Waals surface area contributed by atoms with Crippen molar-refractivity contribution in [3.05, 3.63) is 46.8 Å². The number of benzene rings is 1. The maximum Gasteiger partial charge on any atom is 0.333 e. The molecule has 3 N–H and O–H groups in total. The van der Waals surface area contributed by atoms with E-state index in [1.54, 1.807) is 43.2 Å². The Morgan fingerprint density at radius 1 is 1.33 bits per heavy atom. The Kier molecular flexibility index (Phi) is 9.81. The molecule has 0 aliphatic carbocycles. The summed E-state index contributed by atoms with van der Waals surface area (Å²) in [4.78, 5) is 24.4. The van der Waals surface area contributed by atoms with Crippen LogP contribution in [0, 0.1) is 4.91 Å². The van der Waals surface area contributed by atoms with Gasteiger partial charge in [-0.25, -0.2) is 4.79 Å². The van der Waals surface area contributed by atoms with Crippen molar-refractivity contribution in [3.63, 3.8) is 0 Å². The molecule has 0 bridgehead atoms. The molecule has 1 unspecified atom stereocenters. The van der Waals surface area contributed by atoms with E-state index in [1.807, 2.05) is 13.8 Å². The van der Waals surface area contributed by atoms with Gasteiger partial charge in [0, 0.05) is 6.20 Å². The van der Waals surface area contributed by atoms with E-state index < -0.39 is 6.04 Å². The predicted octanol–water partition coefficient (Wildman–Crippen LogP) is 1.93. The SMILES string of the molecule is CC.CCOC(=O)C(c1ccc(OC)cc1)N1C=C(N=O)NC1.O. The van der Waals surface area contributed by atoms with E-state index in [4.69, 9.17) is 9.47 Å². The molecule has 1 aromatic rings. The highest BCUT2D eigenvalue weighted by atomic mass is 16.5. The Labute approximate surface area is 141 Å². The van der Waals surface area contributed by atoms with Crippen LogP contribution < -0.4 is 10.1 Å². The van der Waals surface area contributed by atoms with Crippen LogP contribution >= 0.6 is 0 Å². The molecule has 1 aliphatic heterocycles. The van der Waals surface area contributed by atoms with Crippen LogP contribution in [0.25, 0.3) is 0 Å². The van der Waals surface area contributed by atoms with Crippen molar-refractivity contribution in [2.45, 2.75) is 26.8 Å². The number of carbonyl (C=O) groups excluding carboxylic acids is 1. The van der Waals surface area contributed by atoms with Gasteiger partial charge in [0.25, 0.3) is 0 Å². The number of methoxy groups -OCH3 is 1. The second kappa shape index (κ2) is 11.0. The average molecular weight is 339 g/mol. The van der Waals surface area contributed by atoms with Gasteiger partial charge in [0.1, 0.15) is 5.75 Å². The summed E-state index contributed by atoms with van der Waals surface area (Å²) < 4.78 is 10.2. The first-order valence-electron chi connectivity index (χ1n) is 7.55. The molecule has 8 heteroatoms. The first kappa shape index (κ1) is 21.4. The lowest BCUT2D eigenvalue weighted by Crippen LogP contribution is -2.33. The van der Waals surface area contributed by atoms with E-state index in [1.165, 1.54) is 6.20 Å². The monoisotopic (exact) mass is 339 g/mol. The van der Waals surface area contributed by atoms with Gasteiger partial charge in [-0.2, -0.15) is 0 Å².